The van der Waals surface area contributed by atoms with E-state index in [0.717, 1.165) is 73.8 Å². The van der Waals surface area contributed by atoms with Crippen LogP contribution in [-0.2, 0) is 11.3 Å². The number of hydrogen-bond donors (Lipinski definition) is 0. The quantitative estimate of drug-likeness (QED) is 0.529. The SMILES string of the molecule is Cc1nc2cc(-c3nc4ccccc4o3)ccc2n1CCCN1CCOCC1. The van der Waals surface area contributed by atoms with E-state index in [1.54, 1.807) is 0 Å². The lowest BCUT2D eigenvalue weighted by atomic mass is 10.2. The van der Waals surface area contributed by atoms with Gasteiger partial charge in [-0.15, -0.1) is 0 Å². The van der Waals surface area contributed by atoms with Crippen molar-refractivity contribution in [3.05, 3.63) is 48.3 Å². The monoisotopic (exact) mass is 376 g/mol. The lowest BCUT2D eigenvalue weighted by molar-refractivity contribution is 0.0369. The van der Waals surface area contributed by atoms with Crippen molar-refractivity contribution in [2.75, 3.05) is 32.8 Å². The van der Waals surface area contributed by atoms with Crippen molar-refractivity contribution in [1.82, 2.24) is 19.4 Å². The number of aromatic nitrogens is 3. The number of rotatable bonds is 5. The predicted octanol–water partition coefficient (Wildman–Crippen LogP) is 3.88. The number of aryl methyl sites for hydroxylation is 2. The van der Waals surface area contributed by atoms with Gasteiger partial charge in [-0.25, -0.2) is 9.97 Å². The van der Waals surface area contributed by atoms with Crippen LogP contribution in [0.5, 0.6) is 0 Å². The van der Waals surface area contributed by atoms with Crippen LogP contribution in [0.1, 0.15) is 12.2 Å². The van der Waals surface area contributed by atoms with Gasteiger partial charge in [0.1, 0.15) is 11.3 Å². The number of hydrogen-bond acceptors (Lipinski definition) is 5. The highest BCUT2D eigenvalue weighted by Gasteiger charge is 2.14. The van der Waals surface area contributed by atoms with Crippen LogP contribution in [0.4, 0.5) is 0 Å². The zero-order valence-electron chi connectivity index (χ0n) is 16.1. The van der Waals surface area contributed by atoms with Gasteiger partial charge >= 0.3 is 0 Å². The maximum Gasteiger partial charge on any atom is 0.227 e. The van der Waals surface area contributed by atoms with E-state index in [9.17, 15) is 0 Å². The highest BCUT2D eigenvalue weighted by molar-refractivity contribution is 5.83. The average Bonchev–Trinajstić information content (AvgIpc) is 3.29. The first kappa shape index (κ1) is 17.4. The minimum absolute atomic E-state index is 0.641. The molecule has 0 aliphatic carbocycles. The largest absolute Gasteiger partial charge is 0.436 e. The maximum atomic E-state index is 5.91. The highest BCUT2D eigenvalue weighted by atomic mass is 16.5. The van der Waals surface area contributed by atoms with Gasteiger partial charge in [0, 0.05) is 31.7 Å². The molecule has 1 aliphatic heterocycles. The Bertz CT molecular complexity index is 1080. The molecule has 5 rings (SSSR count). The summed E-state index contributed by atoms with van der Waals surface area (Å²) >= 11 is 0. The molecule has 1 saturated heterocycles. The Morgan fingerprint density at radius 1 is 0.964 bits per heavy atom. The Morgan fingerprint density at radius 3 is 2.68 bits per heavy atom. The van der Waals surface area contributed by atoms with Crippen molar-refractivity contribution in [2.45, 2.75) is 19.9 Å². The number of para-hydroxylation sites is 2. The van der Waals surface area contributed by atoms with E-state index in [2.05, 4.69) is 39.6 Å². The van der Waals surface area contributed by atoms with Crippen LogP contribution >= 0.6 is 0 Å². The third-order valence-electron chi connectivity index (χ3n) is 5.44. The van der Waals surface area contributed by atoms with Crippen molar-refractivity contribution in [3.8, 4) is 11.5 Å². The van der Waals surface area contributed by atoms with Crippen LogP contribution in [-0.4, -0.2) is 52.3 Å². The molecule has 2 aromatic carbocycles. The first-order chi connectivity index (χ1) is 13.8. The first-order valence-corrected chi connectivity index (χ1v) is 9.91. The molecule has 0 spiro atoms. The Kier molecular flexibility index (Phi) is 4.58. The predicted molar refractivity (Wildman–Crippen MR) is 109 cm³/mol. The normalized spacial score (nSPS) is 15.6. The molecule has 0 bridgehead atoms. The summed E-state index contributed by atoms with van der Waals surface area (Å²) in [7, 11) is 0. The molecule has 0 unspecified atom stereocenters. The summed E-state index contributed by atoms with van der Waals surface area (Å²) in [5.41, 5.74) is 4.80. The van der Waals surface area contributed by atoms with Crippen molar-refractivity contribution >= 4 is 22.1 Å². The average molecular weight is 376 g/mol. The Hall–Kier alpha value is -2.70. The third-order valence-corrected chi connectivity index (χ3v) is 5.44. The van der Waals surface area contributed by atoms with Crippen LogP contribution in [0.25, 0.3) is 33.6 Å². The molecular weight excluding hydrogens is 352 g/mol. The van der Waals surface area contributed by atoms with E-state index >= 15 is 0 Å². The van der Waals surface area contributed by atoms with Gasteiger partial charge in [0.25, 0.3) is 0 Å². The smallest absolute Gasteiger partial charge is 0.227 e. The highest BCUT2D eigenvalue weighted by Crippen LogP contribution is 2.27. The maximum absolute atomic E-state index is 5.91. The molecule has 3 heterocycles. The summed E-state index contributed by atoms with van der Waals surface area (Å²) in [5, 5.41) is 0. The summed E-state index contributed by atoms with van der Waals surface area (Å²) in [6.07, 6.45) is 1.11. The van der Waals surface area contributed by atoms with E-state index < -0.39 is 0 Å². The fourth-order valence-corrected chi connectivity index (χ4v) is 3.94. The van der Waals surface area contributed by atoms with E-state index in [1.165, 1.54) is 5.52 Å². The molecule has 0 atom stereocenters. The Balaban J connectivity index is 1.37. The molecule has 0 radical (unpaired) electrons. The summed E-state index contributed by atoms with van der Waals surface area (Å²) in [5.74, 6) is 1.69. The lowest BCUT2D eigenvalue weighted by Gasteiger charge is -2.26. The molecule has 4 aromatic rings. The summed E-state index contributed by atoms with van der Waals surface area (Å²) in [4.78, 5) is 11.9. The van der Waals surface area contributed by atoms with Crippen LogP contribution < -0.4 is 0 Å². The second-order valence-electron chi connectivity index (χ2n) is 7.31. The second-order valence-corrected chi connectivity index (χ2v) is 7.31. The molecule has 6 nitrogen and oxygen atoms in total. The summed E-state index contributed by atoms with van der Waals surface area (Å²) < 4.78 is 13.6. The van der Waals surface area contributed by atoms with E-state index in [0.29, 0.717) is 5.89 Å². The van der Waals surface area contributed by atoms with Gasteiger partial charge in [0.2, 0.25) is 5.89 Å². The number of fused-ring (bicyclic) bond motifs is 2. The molecule has 144 valence electrons. The van der Waals surface area contributed by atoms with Crippen LogP contribution in [0.15, 0.2) is 46.9 Å². The molecule has 1 fully saturated rings. The molecule has 28 heavy (non-hydrogen) atoms. The number of oxazole rings is 1. The molecular formula is C22H24N4O2. The number of imidazole rings is 1. The Morgan fingerprint density at radius 2 is 1.82 bits per heavy atom. The standard InChI is InChI=1S/C22H24N4O2/c1-16-23-19-15-17(22-24-18-5-2-3-6-21(18)28-22)7-8-20(19)26(16)10-4-9-25-11-13-27-14-12-25/h2-3,5-8,15H,4,9-14H2,1H3. The minimum Gasteiger partial charge on any atom is -0.436 e. The van der Waals surface area contributed by atoms with Crippen molar-refractivity contribution in [1.29, 1.82) is 0 Å². The van der Waals surface area contributed by atoms with Gasteiger partial charge in [0.15, 0.2) is 5.58 Å². The van der Waals surface area contributed by atoms with Crippen molar-refractivity contribution < 1.29 is 9.15 Å². The van der Waals surface area contributed by atoms with Gasteiger partial charge in [-0.05, 0) is 43.7 Å². The fourth-order valence-electron chi connectivity index (χ4n) is 3.94. The third kappa shape index (κ3) is 3.30. The number of ether oxygens (including phenoxy) is 1. The second kappa shape index (κ2) is 7.37. The summed E-state index contributed by atoms with van der Waals surface area (Å²) in [6.45, 7) is 7.94. The minimum atomic E-state index is 0.641. The van der Waals surface area contributed by atoms with E-state index in [-0.39, 0.29) is 0 Å². The van der Waals surface area contributed by atoms with Crippen LogP contribution in [0.2, 0.25) is 0 Å². The molecule has 2 aromatic heterocycles. The summed E-state index contributed by atoms with van der Waals surface area (Å²) in [6, 6.07) is 14.1. The van der Waals surface area contributed by atoms with Crippen LogP contribution in [0, 0.1) is 6.92 Å². The fraction of sp³-hybridized carbons (Fsp3) is 0.364. The van der Waals surface area contributed by atoms with Crippen molar-refractivity contribution in [2.24, 2.45) is 0 Å². The van der Waals surface area contributed by atoms with Gasteiger partial charge in [0.05, 0.1) is 24.2 Å². The van der Waals surface area contributed by atoms with Gasteiger partial charge in [-0.2, -0.15) is 0 Å². The molecule has 0 N–H and O–H groups in total. The number of benzene rings is 2. The molecule has 0 saturated carbocycles. The van der Waals surface area contributed by atoms with E-state index in [1.807, 2.05) is 24.3 Å². The number of nitrogens with zero attached hydrogens (tertiary/aromatic N) is 4. The zero-order valence-corrected chi connectivity index (χ0v) is 16.1. The molecule has 0 amide bonds. The molecule has 6 heteroatoms. The van der Waals surface area contributed by atoms with Gasteiger partial charge < -0.3 is 13.7 Å². The first-order valence-electron chi connectivity index (χ1n) is 9.91. The van der Waals surface area contributed by atoms with Gasteiger partial charge in [-0.3, -0.25) is 4.90 Å². The zero-order chi connectivity index (χ0) is 18.9. The van der Waals surface area contributed by atoms with Gasteiger partial charge in [-0.1, -0.05) is 12.1 Å². The van der Waals surface area contributed by atoms with E-state index in [4.69, 9.17) is 14.1 Å². The Labute approximate surface area is 163 Å². The van der Waals surface area contributed by atoms with Crippen molar-refractivity contribution in [3.63, 3.8) is 0 Å². The molecule has 1 aliphatic rings. The topological polar surface area (TPSA) is 56.3 Å². The van der Waals surface area contributed by atoms with Crippen LogP contribution in [0.3, 0.4) is 0 Å². The lowest BCUT2D eigenvalue weighted by Crippen LogP contribution is -2.37. The number of morpholine rings is 1.